The van der Waals surface area contributed by atoms with Gasteiger partial charge in [0.05, 0.1) is 45.2 Å². The Morgan fingerprint density at radius 1 is 1.00 bits per heavy atom. The van der Waals surface area contributed by atoms with Gasteiger partial charge >= 0.3 is 0 Å². The minimum Gasteiger partial charge on any atom is -0.497 e. The molecular weight excluding hydrogens is 577 g/mol. The van der Waals surface area contributed by atoms with Crippen LogP contribution in [0.1, 0.15) is 61.0 Å². The molecule has 1 aromatic rings. The highest BCUT2D eigenvalue weighted by molar-refractivity contribution is 6.74. The minimum absolute atomic E-state index is 0.00532. The van der Waals surface area contributed by atoms with Crippen LogP contribution in [0, 0.1) is 17.8 Å². The summed E-state index contributed by atoms with van der Waals surface area (Å²) in [6.07, 6.45) is 0.162. The number of hydrogen-bond donors (Lipinski definition) is 2. The van der Waals surface area contributed by atoms with Crippen molar-refractivity contribution < 1.29 is 33.3 Å². The van der Waals surface area contributed by atoms with Gasteiger partial charge in [0.1, 0.15) is 11.4 Å². The highest BCUT2D eigenvalue weighted by Gasteiger charge is 2.64. The van der Waals surface area contributed by atoms with E-state index in [2.05, 4.69) is 88.2 Å². The first-order valence-corrected chi connectivity index (χ1v) is 21.6. The Kier molecular flexibility index (Phi) is 12.9. The molecule has 1 aliphatic heterocycles. The molecule has 7 nitrogen and oxygen atoms in total. The molecule has 0 spiro atoms. The molecule has 1 aromatic carbocycles. The van der Waals surface area contributed by atoms with Gasteiger partial charge in [-0.1, -0.05) is 66.7 Å². The summed E-state index contributed by atoms with van der Waals surface area (Å²) in [7, 11) is -2.82. The van der Waals surface area contributed by atoms with E-state index >= 15 is 0 Å². The smallest absolute Gasteiger partial charge is 0.192 e. The summed E-state index contributed by atoms with van der Waals surface area (Å²) in [5.74, 6) is -0.0208. The van der Waals surface area contributed by atoms with E-state index in [1.807, 2.05) is 24.3 Å². The zero-order valence-electron chi connectivity index (χ0n) is 29.3. The van der Waals surface area contributed by atoms with E-state index in [-0.39, 0.29) is 28.7 Å². The van der Waals surface area contributed by atoms with Gasteiger partial charge in [-0.2, -0.15) is 0 Å². The van der Waals surface area contributed by atoms with Crippen LogP contribution in [0.2, 0.25) is 36.3 Å². The second-order valence-electron chi connectivity index (χ2n) is 15.7. The van der Waals surface area contributed by atoms with Gasteiger partial charge in [-0.25, -0.2) is 0 Å². The summed E-state index contributed by atoms with van der Waals surface area (Å²) in [5, 5.41) is 21.9. The molecule has 0 aromatic heterocycles. The molecule has 0 unspecified atom stereocenters. The average molecular weight is 639 g/mol. The lowest BCUT2D eigenvalue weighted by Crippen LogP contribution is -2.56. The normalized spacial score (nSPS) is 23.3. The van der Waals surface area contributed by atoms with Crippen LogP contribution in [0.25, 0.3) is 0 Å². The first-order chi connectivity index (χ1) is 19.6. The van der Waals surface area contributed by atoms with E-state index in [0.717, 1.165) is 11.3 Å². The number of hydrogen-bond acceptors (Lipinski definition) is 7. The quantitative estimate of drug-likeness (QED) is 0.106. The summed E-state index contributed by atoms with van der Waals surface area (Å²) < 4.78 is 31.9. The number of aliphatic hydroxyl groups excluding tert-OH is 2. The Morgan fingerprint density at radius 2 is 1.56 bits per heavy atom. The predicted molar refractivity (Wildman–Crippen MR) is 181 cm³/mol. The second-order valence-corrected chi connectivity index (χ2v) is 25.2. The van der Waals surface area contributed by atoms with E-state index in [1.54, 1.807) is 13.2 Å². The predicted octanol–water partition coefficient (Wildman–Crippen LogP) is 7.19. The molecule has 43 heavy (non-hydrogen) atoms. The SMILES string of the molecule is C=C[C@@H](CO)[C@@H](O)[C@H](CO[Si](C)(C)C(C)(C)C)[C@H](O[Si](C)(C)C(C)(C)C)[C@]1(C)O[C@@H]1[C@@H](C)COCc1ccc(OC)cc1. The third-order valence-electron chi connectivity index (χ3n) is 10.2. The summed E-state index contributed by atoms with van der Waals surface area (Å²) in [4.78, 5) is 0. The highest BCUT2D eigenvalue weighted by Crippen LogP contribution is 2.51. The van der Waals surface area contributed by atoms with Crippen molar-refractivity contribution in [2.45, 2.75) is 122 Å². The van der Waals surface area contributed by atoms with Crippen LogP contribution in [0.4, 0.5) is 0 Å². The number of rotatable bonds is 17. The average Bonchev–Trinajstić information content (AvgIpc) is 3.60. The zero-order valence-corrected chi connectivity index (χ0v) is 31.3. The van der Waals surface area contributed by atoms with Crippen molar-refractivity contribution in [3.63, 3.8) is 0 Å². The maximum atomic E-state index is 11.8. The van der Waals surface area contributed by atoms with Crippen molar-refractivity contribution >= 4 is 16.6 Å². The Morgan fingerprint density at radius 3 is 2.02 bits per heavy atom. The Bertz CT molecular complexity index is 1020. The van der Waals surface area contributed by atoms with Crippen molar-refractivity contribution in [1.82, 2.24) is 0 Å². The summed E-state index contributed by atoms with van der Waals surface area (Å²) in [6.45, 7) is 31.5. The Hall–Kier alpha value is -1.05. The van der Waals surface area contributed by atoms with E-state index in [4.69, 9.17) is 23.1 Å². The minimum atomic E-state index is -2.32. The monoisotopic (exact) mass is 638 g/mol. The van der Waals surface area contributed by atoms with E-state index in [9.17, 15) is 10.2 Å². The number of aliphatic hydroxyl groups is 2. The molecule has 1 aliphatic rings. The molecule has 1 heterocycles. The lowest BCUT2D eigenvalue weighted by Gasteiger charge is -2.46. The molecule has 248 valence electrons. The summed E-state index contributed by atoms with van der Waals surface area (Å²) in [5.41, 5.74) is 0.430. The number of epoxide rings is 1. The first-order valence-electron chi connectivity index (χ1n) is 15.8. The van der Waals surface area contributed by atoms with E-state index in [1.165, 1.54) is 0 Å². The van der Waals surface area contributed by atoms with Crippen molar-refractivity contribution in [3.05, 3.63) is 42.5 Å². The molecule has 1 fully saturated rings. The molecule has 0 bridgehead atoms. The largest absolute Gasteiger partial charge is 0.497 e. The van der Waals surface area contributed by atoms with Gasteiger partial charge in [0.15, 0.2) is 16.6 Å². The highest BCUT2D eigenvalue weighted by atomic mass is 28.4. The van der Waals surface area contributed by atoms with Crippen molar-refractivity contribution in [2.24, 2.45) is 17.8 Å². The van der Waals surface area contributed by atoms with Gasteiger partial charge in [0.2, 0.25) is 0 Å². The molecule has 9 heteroatoms. The summed E-state index contributed by atoms with van der Waals surface area (Å²) >= 11 is 0. The zero-order chi connectivity index (χ0) is 33.0. The standard InChI is InChI=1S/C34H62O7Si2/c1-15-26(20-35)29(36)28(23-39-42(11,12)32(3,4)5)31(41-43(13,14)33(6,7)8)34(9)30(40-34)24(2)21-38-22-25-16-18-27(37-10)19-17-25/h15-19,24,26,28-31,35-36H,1,20-23H2,2-14H3/t24-,26-,28-,29+,30+,31-,34+/m0/s1. The Balaban J connectivity index is 2.37. The topological polar surface area (TPSA) is 89.9 Å². The van der Waals surface area contributed by atoms with E-state index < -0.39 is 46.3 Å². The van der Waals surface area contributed by atoms with Crippen molar-refractivity contribution in [3.8, 4) is 5.75 Å². The van der Waals surface area contributed by atoms with Gasteiger partial charge in [-0.3, -0.25) is 0 Å². The van der Waals surface area contributed by atoms with Crippen LogP contribution >= 0.6 is 0 Å². The second kappa shape index (κ2) is 14.6. The van der Waals surface area contributed by atoms with Crippen LogP contribution in [-0.2, 0) is 24.9 Å². The van der Waals surface area contributed by atoms with Gasteiger partial charge in [-0.15, -0.1) is 6.58 Å². The summed E-state index contributed by atoms with van der Waals surface area (Å²) in [6, 6.07) is 7.89. The van der Waals surface area contributed by atoms with Gasteiger partial charge in [-0.05, 0) is 60.9 Å². The maximum Gasteiger partial charge on any atom is 0.192 e. The number of ether oxygens (including phenoxy) is 3. The number of benzene rings is 1. The molecule has 0 radical (unpaired) electrons. The fourth-order valence-corrected chi connectivity index (χ4v) is 7.41. The van der Waals surface area contributed by atoms with Crippen molar-refractivity contribution in [2.75, 3.05) is 26.9 Å². The first kappa shape index (κ1) is 38.1. The third kappa shape index (κ3) is 9.48. The van der Waals surface area contributed by atoms with Gasteiger partial charge in [0.25, 0.3) is 0 Å². The van der Waals surface area contributed by atoms with E-state index in [0.29, 0.717) is 19.8 Å². The fourth-order valence-electron chi connectivity index (χ4n) is 4.97. The molecule has 0 aliphatic carbocycles. The van der Waals surface area contributed by atoms with Gasteiger partial charge < -0.3 is 33.3 Å². The van der Waals surface area contributed by atoms with Crippen LogP contribution in [0.5, 0.6) is 5.75 Å². The molecule has 7 atom stereocenters. The molecule has 2 N–H and O–H groups in total. The molecule has 0 amide bonds. The molecule has 1 saturated heterocycles. The fraction of sp³-hybridized carbons (Fsp3) is 0.765. The molecule has 2 rings (SSSR count). The van der Waals surface area contributed by atoms with Crippen LogP contribution in [-0.4, -0.2) is 77.7 Å². The van der Waals surface area contributed by atoms with Crippen LogP contribution < -0.4 is 4.74 Å². The third-order valence-corrected chi connectivity index (χ3v) is 19.2. The van der Waals surface area contributed by atoms with Crippen molar-refractivity contribution in [1.29, 1.82) is 0 Å². The lowest BCUT2D eigenvalue weighted by atomic mass is 9.80. The van der Waals surface area contributed by atoms with Crippen LogP contribution in [0.3, 0.4) is 0 Å². The number of methoxy groups -OCH3 is 1. The Labute approximate surface area is 264 Å². The van der Waals surface area contributed by atoms with Crippen LogP contribution in [0.15, 0.2) is 36.9 Å². The van der Waals surface area contributed by atoms with Gasteiger partial charge in [0, 0.05) is 24.4 Å². The molecule has 0 saturated carbocycles. The maximum absolute atomic E-state index is 11.8. The molecular formula is C34H62O7Si2. The lowest BCUT2D eigenvalue weighted by molar-refractivity contribution is -0.0597.